The third kappa shape index (κ3) is 5.55. The van der Waals surface area contributed by atoms with Crippen LogP contribution in [0.25, 0.3) is 10.9 Å². The Balaban J connectivity index is 1.33. The van der Waals surface area contributed by atoms with Crippen LogP contribution < -0.4 is 15.4 Å². The van der Waals surface area contributed by atoms with Gasteiger partial charge in [-0.05, 0) is 48.7 Å². The van der Waals surface area contributed by atoms with Crippen LogP contribution in [0.5, 0.6) is 5.75 Å². The molecule has 0 saturated carbocycles. The fourth-order valence-corrected chi connectivity index (χ4v) is 4.14. The predicted molar refractivity (Wildman–Crippen MR) is 133 cm³/mol. The Morgan fingerprint density at radius 3 is 2.81 bits per heavy atom. The van der Waals surface area contributed by atoms with Crippen molar-refractivity contribution >= 4 is 34.5 Å². The number of nitrogens with zero attached hydrogens (tertiary/aromatic N) is 4. The number of amides is 1. The van der Waals surface area contributed by atoms with Gasteiger partial charge in [0, 0.05) is 50.1 Å². The van der Waals surface area contributed by atoms with Crippen molar-refractivity contribution in [2.24, 2.45) is 7.05 Å². The molecule has 0 spiro atoms. The fourth-order valence-electron chi connectivity index (χ4n) is 4.02. The van der Waals surface area contributed by atoms with E-state index in [1.54, 1.807) is 54.5 Å². The molecule has 9 nitrogen and oxygen atoms in total. The van der Waals surface area contributed by atoms with Crippen molar-refractivity contribution in [2.45, 2.75) is 24.9 Å². The number of fused-ring (bicyclic) bond motifs is 1. The summed E-state index contributed by atoms with van der Waals surface area (Å²) in [7, 11) is 1.75. The van der Waals surface area contributed by atoms with E-state index >= 15 is 0 Å². The molecular weight excluding hydrogens is 487 g/mol. The topological polar surface area (TPSA) is 103 Å². The Morgan fingerprint density at radius 1 is 1.22 bits per heavy atom. The summed E-state index contributed by atoms with van der Waals surface area (Å²) in [6.45, 7) is 1.42. The van der Waals surface area contributed by atoms with Crippen LogP contribution in [-0.4, -0.2) is 45.1 Å². The van der Waals surface area contributed by atoms with Gasteiger partial charge in [0.15, 0.2) is 0 Å². The lowest BCUT2D eigenvalue weighted by atomic mass is 10.0. The van der Waals surface area contributed by atoms with Crippen molar-refractivity contribution in [2.75, 3.05) is 18.5 Å². The SMILES string of the molecule is Cn1ccc(C(NC(=O)Oc2ccc3cnc(NC4CCOCC4)nc3c2)c2ccc(Cl)c(F)c2)n1. The highest BCUT2D eigenvalue weighted by atomic mass is 35.5. The van der Waals surface area contributed by atoms with Crippen molar-refractivity contribution in [3.05, 3.63) is 77.0 Å². The molecule has 0 aliphatic carbocycles. The van der Waals surface area contributed by atoms with E-state index in [1.807, 2.05) is 0 Å². The normalized spacial score (nSPS) is 15.0. The minimum Gasteiger partial charge on any atom is -0.410 e. The molecule has 11 heteroatoms. The molecule has 4 aromatic rings. The van der Waals surface area contributed by atoms with Crippen LogP contribution in [0.3, 0.4) is 0 Å². The Bertz CT molecular complexity index is 1390. The molecule has 5 rings (SSSR count). The van der Waals surface area contributed by atoms with Gasteiger partial charge in [-0.1, -0.05) is 17.7 Å². The molecule has 1 saturated heterocycles. The average Bonchev–Trinajstić information content (AvgIpc) is 3.30. The highest BCUT2D eigenvalue weighted by molar-refractivity contribution is 6.30. The monoisotopic (exact) mass is 510 g/mol. The van der Waals surface area contributed by atoms with Crippen LogP contribution in [0.2, 0.25) is 5.02 Å². The Kier molecular flexibility index (Phi) is 6.97. The van der Waals surface area contributed by atoms with Crippen molar-refractivity contribution < 1.29 is 18.7 Å². The molecule has 3 heterocycles. The molecule has 1 aliphatic heterocycles. The minimum atomic E-state index is -0.747. The number of rotatable bonds is 6. The number of aromatic nitrogens is 4. The van der Waals surface area contributed by atoms with Crippen LogP contribution in [0.4, 0.5) is 15.1 Å². The van der Waals surface area contributed by atoms with E-state index in [9.17, 15) is 9.18 Å². The largest absolute Gasteiger partial charge is 0.413 e. The lowest BCUT2D eigenvalue weighted by Crippen LogP contribution is -2.32. The molecule has 2 aromatic heterocycles. The Hall–Kier alpha value is -3.76. The number of aryl methyl sites for hydroxylation is 1. The maximum absolute atomic E-state index is 14.1. The van der Waals surface area contributed by atoms with Crippen LogP contribution in [-0.2, 0) is 11.8 Å². The zero-order valence-electron chi connectivity index (χ0n) is 19.4. The molecule has 36 heavy (non-hydrogen) atoms. The summed E-state index contributed by atoms with van der Waals surface area (Å²) in [5.41, 5.74) is 1.62. The number of carbonyl (C=O) groups excluding carboxylic acids is 1. The molecule has 0 bridgehead atoms. The molecular formula is C25H24ClFN6O3. The molecule has 1 atom stereocenters. The lowest BCUT2D eigenvalue weighted by molar-refractivity contribution is 0.0903. The summed E-state index contributed by atoms with van der Waals surface area (Å²) in [5.74, 6) is 0.221. The second-order valence-electron chi connectivity index (χ2n) is 8.50. The van der Waals surface area contributed by atoms with Crippen molar-refractivity contribution in [3.8, 4) is 5.75 Å². The maximum atomic E-state index is 14.1. The first-order valence-electron chi connectivity index (χ1n) is 11.5. The first kappa shape index (κ1) is 24.0. The van der Waals surface area contributed by atoms with Gasteiger partial charge in [0.2, 0.25) is 5.95 Å². The lowest BCUT2D eigenvalue weighted by Gasteiger charge is -2.23. The Morgan fingerprint density at radius 2 is 2.06 bits per heavy atom. The molecule has 1 amide bonds. The zero-order valence-corrected chi connectivity index (χ0v) is 20.2. The molecule has 1 aliphatic rings. The summed E-state index contributed by atoms with van der Waals surface area (Å²) >= 11 is 5.83. The molecule has 0 radical (unpaired) electrons. The van der Waals surface area contributed by atoms with E-state index in [0.717, 1.165) is 18.2 Å². The van der Waals surface area contributed by atoms with Gasteiger partial charge < -0.3 is 20.1 Å². The van der Waals surface area contributed by atoms with Crippen molar-refractivity contribution in [1.82, 2.24) is 25.1 Å². The molecule has 1 fully saturated rings. The summed E-state index contributed by atoms with van der Waals surface area (Å²) < 4.78 is 26.7. The highest BCUT2D eigenvalue weighted by Crippen LogP contribution is 2.26. The smallest absolute Gasteiger partial charge is 0.410 e. The first-order chi connectivity index (χ1) is 17.4. The van der Waals surface area contributed by atoms with Gasteiger partial charge in [-0.25, -0.2) is 19.2 Å². The van der Waals surface area contributed by atoms with Gasteiger partial charge in [-0.3, -0.25) is 4.68 Å². The van der Waals surface area contributed by atoms with Gasteiger partial charge in [0.1, 0.15) is 17.6 Å². The third-order valence-corrected chi connectivity index (χ3v) is 6.19. The van der Waals surface area contributed by atoms with Crippen LogP contribution in [0.15, 0.2) is 54.9 Å². The van der Waals surface area contributed by atoms with E-state index in [4.69, 9.17) is 21.1 Å². The molecule has 2 N–H and O–H groups in total. The third-order valence-electron chi connectivity index (χ3n) is 5.89. The predicted octanol–water partition coefficient (Wildman–Crippen LogP) is 4.62. The number of carbonyl (C=O) groups is 1. The van der Waals surface area contributed by atoms with Crippen LogP contribution >= 0.6 is 11.6 Å². The minimum absolute atomic E-state index is 0.00932. The van der Waals surface area contributed by atoms with Crippen molar-refractivity contribution in [3.63, 3.8) is 0 Å². The molecule has 186 valence electrons. The summed E-state index contributed by atoms with van der Waals surface area (Å²) in [6.07, 6.45) is 4.51. The molecule has 1 unspecified atom stereocenters. The number of nitrogens with one attached hydrogen (secondary N) is 2. The van der Waals surface area contributed by atoms with Crippen LogP contribution in [0, 0.1) is 5.82 Å². The number of benzene rings is 2. The average molecular weight is 511 g/mol. The van der Waals surface area contributed by atoms with Gasteiger partial charge >= 0.3 is 6.09 Å². The molecule has 2 aromatic carbocycles. The van der Waals surface area contributed by atoms with E-state index in [2.05, 4.69) is 25.7 Å². The summed E-state index contributed by atoms with van der Waals surface area (Å²) in [4.78, 5) is 21.8. The number of anilines is 1. The van der Waals surface area contributed by atoms with Crippen molar-refractivity contribution in [1.29, 1.82) is 0 Å². The van der Waals surface area contributed by atoms with Gasteiger partial charge in [-0.2, -0.15) is 5.10 Å². The number of hydrogen-bond donors (Lipinski definition) is 2. The highest BCUT2D eigenvalue weighted by Gasteiger charge is 2.22. The fraction of sp³-hybridized carbons (Fsp3) is 0.280. The quantitative estimate of drug-likeness (QED) is 0.390. The van der Waals surface area contributed by atoms with E-state index < -0.39 is 18.0 Å². The first-order valence-corrected chi connectivity index (χ1v) is 11.9. The van der Waals surface area contributed by atoms with E-state index in [-0.39, 0.29) is 11.1 Å². The summed E-state index contributed by atoms with van der Waals surface area (Å²) in [5, 5.41) is 11.3. The van der Waals surface area contributed by atoms with E-state index in [1.165, 1.54) is 12.1 Å². The number of halogens is 2. The summed E-state index contributed by atoms with van der Waals surface area (Å²) in [6, 6.07) is 10.7. The van der Waals surface area contributed by atoms with Gasteiger partial charge in [0.05, 0.1) is 16.2 Å². The van der Waals surface area contributed by atoms with Gasteiger partial charge in [0.25, 0.3) is 0 Å². The van der Waals surface area contributed by atoms with Gasteiger partial charge in [-0.15, -0.1) is 0 Å². The zero-order chi connectivity index (χ0) is 25.1. The maximum Gasteiger partial charge on any atom is 0.413 e. The number of hydrogen-bond acceptors (Lipinski definition) is 7. The second-order valence-corrected chi connectivity index (χ2v) is 8.91. The second kappa shape index (κ2) is 10.5. The standard InChI is InChI=1S/C25H24ClFN6O3/c1-33-9-6-21(32-33)23(15-3-5-19(26)20(27)12-15)31-25(34)36-18-4-2-16-14-28-24(30-22(16)13-18)29-17-7-10-35-11-8-17/h2-6,9,12-14,17,23H,7-8,10-11H2,1H3,(H,31,34)(H,28,29,30). The van der Waals surface area contributed by atoms with Crippen LogP contribution in [0.1, 0.15) is 30.1 Å². The Labute approximate surface area is 211 Å². The number of ether oxygens (including phenoxy) is 2. The van der Waals surface area contributed by atoms with E-state index in [0.29, 0.717) is 41.7 Å².